The molecule has 0 aliphatic carbocycles. The summed E-state index contributed by atoms with van der Waals surface area (Å²) in [7, 11) is 0. The molecular weight excluding hydrogens is 266 g/mol. The van der Waals surface area contributed by atoms with Gasteiger partial charge in [-0.2, -0.15) is 0 Å². The van der Waals surface area contributed by atoms with Crippen LogP contribution in [0.15, 0.2) is 12.4 Å². The molecule has 1 amide bonds. The number of hydrogen-bond acceptors (Lipinski definition) is 5. The maximum Gasteiger partial charge on any atom is 0.225 e. The summed E-state index contributed by atoms with van der Waals surface area (Å²) in [5.74, 6) is 1.03. The number of carbonyl (C=O) groups excluding carboxylic acids is 1. The molecule has 0 bridgehead atoms. The molecule has 3 heterocycles. The van der Waals surface area contributed by atoms with E-state index in [4.69, 9.17) is 0 Å². The molecule has 2 aliphatic rings. The average molecular weight is 289 g/mol. The van der Waals surface area contributed by atoms with Gasteiger partial charge in [-0.1, -0.05) is 13.8 Å². The molecule has 0 radical (unpaired) electrons. The summed E-state index contributed by atoms with van der Waals surface area (Å²) in [4.78, 5) is 23.0. The Kier molecular flexibility index (Phi) is 4.05. The summed E-state index contributed by atoms with van der Waals surface area (Å²) in [5, 5.41) is 6.31. The predicted molar refractivity (Wildman–Crippen MR) is 80.9 cm³/mol. The van der Waals surface area contributed by atoms with Crippen molar-refractivity contribution in [2.75, 3.05) is 18.0 Å². The lowest BCUT2D eigenvalue weighted by Gasteiger charge is -2.35. The van der Waals surface area contributed by atoms with Gasteiger partial charge in [-0.3, -0.25) is 4.79 Å². The van der Waals surface area contributed by atoms with Gasteiger partial charge >= 0.3 is 0 Å². The van der Waals surface area contributed by atoms with E-state index in [1.165, 1.54) is 0 Å². The van der Waals surface area contributed by atoms with Gasteiger partial charge < -0.3 is 15.5 Å². The van der Waals surface area contributed by atoms with E-state index in [0.29, 0.717) is 12.6 Å². The van der Waals surface area contributed by atoms with E-state index < -0.39 is 0 Å². The summed E-state index contributed by atoms with van der Waals surface area (Å²) in [6.45, 7) is 6.66. The number of fused-ring (bicyclic) bond motifs is 1. The second kappa shape index (κ2) is 5.97. The lowest BCUT2D eigenvalue weighted by molar-refractivity contribution is -0.123. The van der Waals surface area contributed by atoms with E-state index in [9.17, 15) is 4.79 Å². The molecule has 2 atom stereocenters. The van der Waals surface area contributed by atoms with Crippen LogP contribution < -0.4 is 15.5 Å². The van der Waals surface area contributed by atoms with Crippen molar-refractivity contribution in [2.24, 2.45) is 5.92 Å². The first-order chi connectivity index (χ1) is 10.1. The monoisotopic (exact) mass is 289 g/mol. The van der Waals surface area contributed by atoms with Crippen LogP contribution in [0.2, 0.25) is 0 Å². The van der Waals surface area contributed by atoms with E-state index in [2.05, 4.69) is 39.3 Å². The number of nitrogens with zero attached hydrogens (tertiary/aromatic N) is 3. The predicted octanol–water partition coefficient (Wildman–Crippen LogP) is 0.689. The molecular formula is C15H23N5O. The number of piperidine rings is 1. The van der Waals surface area contributed by atoms with Crippen molar-refractivity contribution >= 4 is 11.9 Å². The van der Waals surface area contributed by atoms with Crippen LogP contribution in [-0.4, -0.2) is 41.0 Å². The van der Waals surface area contributed by atoms with Crippen LogP contribution in [0.1, 0.15) is 32.3 Å². The number of carbonyl (C=O) groups is 1. The molecule has 2 aliphatic heterocycles. The second-order valence-electron chi connectivity index (χ2n) is 6.18. The van der Waals surface area contributed by atoms with Crippen molar-refractivity contribution < 1.29 is 4.79 Å². The number of anilines is 1. The number of rotatable bonds is 4. The molecule has 2 N–H and O–H groups in total. The zero-order chi connectivity index (χ0) is 14.8. The third-order valence-electron chi connectivity index (χ3n) is 4.26. The molecule has 6 nitrogen and oxygen atoms in total. The Morgan fingerprint density at radius 2 is 2.19 bits per heavy atom. The van der Waals surface area contributed by atoms with Gasteiger partial charge in [-0.15, -0.1) is 0 Å². The summed E-state index contributed by atoms with van der Waals surface area (Å²) >= 11 is 0. The standard InChI is InChI=1S/C15H23N5O/c1-10(2)16-6-11-7-18-15(19-8-11)20-5-3-4-12-13(20)9-17-14(12)21/h7-8,10,12-13,16H,3-6,9H2,1-2H3,(H,17,21). The Hall–Kier alpha value is -1.69. The van der Waals surface area contributed by atoms with Gasteiger partial charge in [0.15, 0.2) is 0 Å². The first kappa shape index (κ1) is 14.3. The van der Waals surface area contributed by atoms with Crippen molar-refractivity contribution in [1.82, 2.24) is 20.6 Å². The highest BCUT2D eigenvalue weighted by Gasteiger charge is 2.41. The maximum atomic E-state index is 11.8. The Morgan fingerprint density at radius 1 is 1.43 bits per heavy atom. The molecule has 1 aromatic rings. The van der Waals surface area contributed by atoms with Crippen LogP contribution in [0.3, 0.4) is 0 Å². The first-order valence-electron chi connectivity index (χ1n) is 7.74. The van der Waals surface area contributed by atoms with Crippen molar-refractivity contribution in [3.8, 4) is 0 Å². The fraction of sp³-hybridized carbons (Fsp3) is 0.667. The minimum atomic E-state index is 0.102. The SMILES string of the molecule is CC(C)NCc1cnc(N2CCCC3C(=O)NCC32)nc1. The normalized spacial score (nSPS) is 25.1. The van der Waals surface area contributed by atoms with E-state index in [1.54, 1.807) is 0 Å². The molecule has 2 fully saturated rings. The van der Waals surface area contributed by atoms with E-state index in [-0.39, 0.29) is 17.9 Å². The Labute approximate surface area is 125 Å². The lowest BCUT2D eigenvalue weighted by atomic mass is 9.92. The van der Waals surface area contributed by atoms with Crippen molar-refractivity contribution in [3.63, 3.8) is 0 Å². The summed E-state index contributed by atoms with van der Waals surface area (Å²) < 4.78 is 0. The zero-order valence-electron chi connectivity index (χ0n) is 12.7. The van der Waals surface area contributed by atoms with Crippen LogP contribution in [0.5, 0.6) is 0 Å². The third kappa shape index (κ3) is 3.00. The third-order valence-corrected chi connectivity index (χ3v) is 4.26. The number of amides is 1. The number of nitrogens with one attached hydrogen (secondary N) is 2. The van der Waals surface area contributed by atoms with Gasteiger partial charge in [0.25, 0.3) is 0 Å². The highest BCUT2D eigenvalue weighted by Crippen LogP contribution is 2.29. The Bertz CT molecular complexity index is 501. The number of aromatic nitrogens is 2. The Morgan fingerprint density at radius 3 is 2.90 bits per heavy atom. The molecule has 0 spiro atoms. The summed E-state index contributed by atoms with van der Waals surface area (Å²) in [6.07, 6.45) is 5.76. The molecule has 0 saturated carbocycles. The largest absolute Gasteiger partial charge is 0.354 e. The minimum Gasteiger partial charge on any atom is -0.354 e. The maximum absolute atomic E-state index is 11.8. The summed E-state index contributed by atoms with van der Waals surface area (Å²) in [5.41, 5.74) is 1.08. The lowest BCUT2D eigenvalue weighted by Crippen LogP contribution is -2.46. The van der Waals surface area contributed by atoms with Gasteiger partial charge in [0.1, 0.15) is 0 Å². The van der Waals surface area contributed by atoms with Gasteiger partial charge in [0, 0.05) is 43.6 Å². The van der Waals surface area contributed by atoms with Crippen molar-refractivity contribution in [3.05, 3.63) is 18.0 Å². The highest BCUT2D eigenvalue weighted by atomic mass is 16.2. The molecule has 0 aromatic carbocycles. The molecule has 6 heteroatoms. The molecule has 2 unspecified atom stereocenters. The van der Waals surface area contributed by atoms with Gasteiger partial charge in [-0.05, 0) is 12.8 Å². The van der Waals surface area contributed by atoms with Crippen LogP contribution in [0, 0.1) is 5.92 Å². The Balaban J connectivity index is 1.70. The van der Waals surface area contributed by atoms with Crippen LogP contribution in [-0.2, 0) is 11.3 Å². The molecule has 21 heavy (non-hydrogen) atoms. The van der Waals surface area contributed by atoms with E-state index >= 15 is 0 Å². The first-order valence-corrected chi connectivity index (χ1v) is 7.74. The highest BCUT2D eigenvalue weighted by molar-refractivity contribution is 5.82. The second-order valence-corrected chi connectivity index (χ2v) is 6.18. The van der Waals surface area contributed by atoms with Gasteiger partial charge in [-0.25, -0.2) is 9.97 Å². The quantitative estimate of drug-likeness (QED) is 0.853. The van der Waals surface area contributed by atoms with E-state index in [0.717, 1.165) is 37.4 Å². The van der Waals surface area contributed by atoms with Crippen molar-refractivity contribution in [1.29, 1.82) is 0 Å². The smallest absolute Gasteiger partial charge is 0.225 e. The van der Waals surface area contributed by atoms with Crippen molar-refractivity contribution in [2.45, 2.75) is 45.3 Å². The van der Waals surface area contributed by atoms with Gasteiger partial charge in [0.05, 0.1) is 12.0 Å². The molecule has 3 rings (SSSR count). The van der Waals surface area contributed by atoms with Gasteiger partial charge in [0.2, 0.25) is 11.9 Å². The molecule has 2 saturated heterocycles. The fourth-order valence-electron chi connectivity index (χ4n) is 3.11. The fourth-order valence-corrected chi connectivity index (χ4v) is 3.11. The topological polar surface area (TPSA) is 70.2 Å². The molecule has 114 valence electrons. The summed E-state index contributed by atoms with van der Waals surface area (Å²) in [6, 6.07) is 0.661. The van der Waals surface area contributed by atoms with E-state index in [1.807, 2.05) is 12.4 Å². The molecule has 1 aromatic heterocycles. The number of hydrogen-bond donors (Lipinski definition) is 2. The van der Waals surface area contributed by atoms with Crippen LogP contribution in [0.25, 0.3) is 0 Å². The average Bonchev–Trinajstić information content (AvgIpc) is 2.87. The van der Waals surface area contributed by atoms with Crippen LogP contribution >= 0.6 is 0 Å². The zero-order valence-corrected chi connectivity index (χ0v) is 12.7. The minimum absolute atomic E-state index is 0.102. The van der Waals surface area contributed by atoms with Crippen LogP contribution in [0.4, 0.5) is 5.95 Å².